The molecule has 0 spiro atoms. The summed E-state index contributed by atoms with van der Waals surface area (Å²) in [6.07, 6.45) is 0.501. The van der Waals surface area contributed by atoms with Crippen molar-refractivity contribution in [2.45, 2.75) is 171 Å². The molecule has 11 atom stereocenters. The fourth-order valence-electron chi connectivity index (χ4n) is 10.8. The molecule has 0 unspecified atom stereocenters. The van der Waals surface area contributed by atoms with Crippen molar-refractivity contribution >= 4 is 76.9 Å². The number of benzene rings is 2. The smallest absolute Gasteiger partial charge is 0.326 e. The number of aromatic hydroxyl groups is 2. The molecule has 0 saturated carbocycles. The number of carbonyl (C=O) groups is 13. The number of amides is 11. The molecule has 94 heavy (non-hydrogen) atoms. The van der Waals surface area contributed by atoms with Gasteiger partial charge in [0.15, 0.2) is 0 Å². The van der Waals surface area contributed by atoms with Gasteiger partial charge >= 0.3 is 11.9 Å². The number of carboxylic acid groups (broad SMARTS) is 2. The molecule has 2 aliphatic heterocycles. The topological polar surface area (TPSA) is 527 Å². The summed E-state index contributed by atoms with van der Waals surface area (Å²) < 4.78 is 0. The molecule has 0 aliphatic carbocycles. The Morgan fingerprint density at radius 1 is 0.543 bits per heavy atom. The molecule has 19 N–H and O–H groups in total. The number of aromatic amines is 1. The highest BCUT2D eigenvalue weighted by Crippen LogP contribution is 2.23. The average molecular weight is 1320 g/mol. The minimum absolute atomic E-state index is 0.00888. The second kappa shape index (κ2) is 35.9. The Kier molecular flexibility index (Phi) is 28.6. The van der Waals surface area contributed by atoms with Crippen LogP contribution in [0, 0.1) is 11.8 Å². The highest BCUT2D eigenvalue weighted by molar-refractivity contribution is 6.00. The molecule has 33 heteroatoms. The number of primary amides is 1. The Labute approximate surface area is 540 Å². The predicted molar refractivity (Wildman–Crippen MR) is 330 cm³/mol. The van der Waals surface area contributed by atoms with Crippen LogP contribution in [0.25, 0.3) is 0 Å². The van der Waals surface area contributed by atoms with Gasteiger partial charge in [0, 0.05) is 50.7 Å². The van der Waals surface area contributed by atoms with E-state index in [2.05, 4.69) is 52.5 Å². The van der Waals surface area contributed by atoms with Gasteiger partial charge in [-0.05, 0) is 92.2 Å². The van der Waals surface area contributed by atoms with Crippen LogP contribution in [0.15, 0.2) is 61.1 Å². The number of nitrogens with two attached hydrogens (primary N) is 2. The first-order valence-electron chi connectivity index (χ1n) is 30.8. The summed E-state index contributed by atoms with van der Waals surface area (Å²) in [4.78, 5) is 185. The lowest BCUT2D eigenvalue weighted by molar-refractivity contribution is -0.144. The molecule has 514 valence electrons. The van der Waals surface area contributed by atoms with Crippen molar-refractivity contribution in [2.24, 2.45) is 23.3 Å². The van der Waals surface area contributed by atoms with Crippen molar-refractivity contribution in [3.63, 3.8) is 0 Å². The lowest BCUT2D eigenvalue weighted by Crippen LogP contribution is -2.61. The highest BCUT2D eigenvalue weighted by Gasteiger charge is 2.43. The molecule has 11 amide bonds. The number of carboxylic acids is 2. The molecule has 0 radical (unpaired) electrons. The van der Waals surface area contributed by atoms with Gasteiger partial charge in [-0.25, -0.2) is 9.78 Å². The Morgan fingerprint density at radius 2 is 0.968 bits per heavy atom. The van der Waals surface area contributed by atoms with E-state index >= 15 is 0 Å². The van der Waals surface area contributed by atoms with Crippen LogP contribution >= 0.6 is 0 Å². The van der Waals surface area contributed by atoms with Crippen LogP contribution in [0.2, 0.25) is 0 Å². The largest absolute Gasteiger partial charge is 0.508 e. The van der Waals surface area contributed by atoms with E-state index in [1.54, 1.807) is 13.8 Å². The number of aliphatic hydroxyl groups excluding tert-OH is 2. The standard InChI is InChI=1S/C61H86N14O19/c1-31(2)21-38(62)51(83)67-40(23-33-9-13-36(78)14-10-33)53(85)68-41(25-35-27-64-30-65-35)54(86)73-46(29-77)60(92)75-20-6-8-48(75)58(90)72-45(28-76)56(88)70-43(24-34-11-15-37(79)16-12-34)59(91)74-19-5-7-47(74)57(89)66-39(17-18-50(81)82)52(84)69-42(26-49(63)80)55(87)71-44(61(93)94)22-32(3)4/h9-16,27,30-32,38-48,76-79H,5-8,17-26,28-29,62H2,1-4H3,(H2,63,80)(H,64,65)(H,66,89)(H,67,83)(H,68,85)(H,69,84)(H,70,88)(H,71,87)(H,72,90)(H,73,86)(H,81,82)(H,93,94)/t38-,39-,40-,41-,42-,43-,44-,45-,46-,47-,48-/m0/s1. The zero-order valence-electron chi connectivity index (χ0n) is 52.6. The zero-order valence-corrected chi connectivity index (χ0v) is 52.6. The second-order valence-electron chi connectivity index (χ2n) is 24.1. The van der Waals surface area contributed by atoms with Gasteiger partial charge in [0.1, 0.15) is 71.9 Å². The number of aliphatic hydroxyl groups is 2. The summed E-state index contributed by atoms with van der Waals surface area (Å²) >= 11 is 0. The molecule has 5 rings (SSSR count). The van der Waals surface area contributed by atoms with E-state index in [1.807, 2.05) is 13.8 Å². The molecular formula is C61H86N14O19. The van der Waals surface area contributed by atoms with Crippen LogP contribution in [-0.4, -0.2) is 220 Å². The molecule has 2 aromatic carbocycles. The third-order valence-corrected chi connectivity index (χ3v) is 15.6. The highest BCUT2D eigenvalue weighted by atomic mass is 16.4. The van der Waals surface area contributed by atoms with Gasteiger partial charge < -0.3 is 99.4 Å². The van der Waals surface area contributed by atoms with E-state index in [4.69, 9.17) is 11.5 Å². The van der Waals surface area contributed by atoms with Crippen molar-refractivity contribution < 1.29 is 93.0 Å². The number of hydrogen-bond acceptors (Lipinski definition) is 19. The van der Waals surface area contributed by atoms with Gasteiger partial charge in [-0.3, -0.25) is 57.5 Å². The zero-order chi connectivity index (χ0) is 69.5. The first-order chi connectivity index (χ1) is 44.5. The van der Waals surface area contributed by atoms with Gasteiger partial charge in [-0.2, -0.15) is 0 Å². The maximum absolute atomic E-state index is 14.7. The van der Waals surface area contributed by atoms with E-state index in [9.17, 15) is 93.0 Å². The van der Waals surface area contributed by atoms with Crippen LogP contribution in [0.3, 0.4) is 0 Å². The fourth-order valence-corrected chi connectivity index (χ4v) is 10.8. The van der Waals surface area contributed by atoms with Gasteiger partial charge in [0.25, 0.3) is 0 Å². The number of phenolic OH excluding ortho intramolecular Hbond substituents is 2. The summed E-state index contributed by atoms with van der Waals surface area (Å²) in [5.41, 5.74) is 12.7. The molecule has 2 fully saturated rings. The van der Waals surface area contributed by atoms with Crippen LogP contribution in [-0.2, 0) is 81.6 Å². The normalized spacial score (nSPS) is 17.4. The summed E-state index contributed by atoms with van der Waals surface area (Å²) in [5, 5.41) is 80.0. The van der Waals surface area contributed by atoms with Crippen molar-refractivity contribution in [1.82, 2.24) is 62.3 Å². The number of nitrogens with zero attached hydrogens (tertiary/aromatic N) is 3. The van der Waals surface area contributed by atoms with Crippen molar-refractivity contribution in [1.29, 1.82) is 0 Å². The molecule has 3 aromatic rings. The fraction of sp³-hybridized carbons (Fsp3) is 0.541. The van der Waals surface area contributed by atoms with Gasteiger partial charge in [-0.1, -0.05) is 52.0 Å². The number of rotatable bonds is 36. The van der Waals surface area contributed by atoms with E-state index in [-0.39, 0.29) is 94.2 Å². The minimum Gasteiger partial charge on any atom is -0.508 e. The Morgan fingerprint density at radius 3 is 1.45 bits per heavy atom. The number of likely N-dealkylation sites (tertiary alicyclic amines) is 2. The third-order valence-electron chi connectivity index (χ3n) is 15.6. The SMILES string of the molecule is CC(C)C[C@H](NC(=O)[C@H](CC(N)=O)NC(=O)[C@H](CCC(=O)O)NC(=O)[C@@H]1CCCN1C(=O)[C@H](Cc1ccc(O)cc1)NC(=O)[C@H](CO)NC(=O)[C@@H]1CCCN1C(=O)[C@H](CO)NC(=O)[C@H](Cc1cnc[nH]1)NC(=O)[C@H](Cc1ccc(O)cc1)NC(=O)[C@@H](N)CC(C)C)C(=O)O. The molecule has 2 saturated heterocycles. The molecule has 33 nitrogen and oxygen atoms in total. The van der Waals surface area contributed by atoms with Gasteiger partial charge in [0.2, 0.25) is 65.0 Å². The van der Waals surface area contributed by atoms with Crippen LogP contribution in [0.4, 0.5) is 0 Å². The Hall–Kier alpha value is -9.76. The lowest BCUT2D eigenvalue weighted by atomic mass is 10.0. The monoisotopic (exact) mass is 1320 g/mol. The number of nitrogens with one attached hydrogen (secondary N) is 9. The summed E-state index contributed by atoms with van der Waals surface area (Å²) in [6.45, 7) is 4.81. The van der Waals surface area contributed by atoms with Crippen LogP contribution < -0.4 is 54.0 Å². The van der Waals surface area contributed by atoms with E-state index < -0.39 is 176 Å². The van der Waals surface area contributed by atoms with Crippen molar-refractivity contribution in [3.05, 3.63) is 77.9 Å². The number of H-pyrrole nitrogens is 1. The first kappa shape index (κ1) is 75.0. The predicted octanol–water partition coefficient (Wildman–Crippen LogP) is -4.06. The molecular weight excluding hydrogens is 1230 g/mol. The van der Waals surface area contributed by atoms with Gasteiger partial charge in [0.05, 0.1) is 32.0 Å². The maximum Gasteiger partial charge on any atom is 0.326 e. The number of imidazole rings is 1. The number of aromatic nitrogens is 2. The van der Waals surface area contributed by atoms with Crippen LogP contribution in [0.5, 0.6) is 11.5 Å². The third kappa shape index (κ3) is 22.8. The van der Waals surface area contributed by atoms with Crippen molar-refractivity contribution in [3.8, 4) is 11.5 Å². The molecule has 1 aromatic heterocycles. The number of hydrogen-bond donors (Lipinski definition) is 17. The van der Waals surface area contributed by atoms with Crippen molar-refractivity contribution in [2.75, 3.05) is 26.3 Å². The van der Waals surface area contributed by atoms with Gasteiger partial charge in [-0.15, -0.1) is 0 Å². The number of carbonyl (C=O) groups excluding carboxylic acids is 11. The van der Waals surface area contributed by atoms with E-state index in [1.165, 1.54) is 61.1 Å². The summed E-state index contributed by atoms with van der Waals surface area (Å²) in [5.74, 6) is -14.0. The molecule has 0 bridgehead atoms. The summed E-state index contributed by atoms with van der Waals surface area (Å²) in [7, 11) is 0. The Bertz CT molecular complexity index is 3150. The van der Waals surface area contributed by atoms with Crippen LogP contribution in [0.1, 0.15) is 102 Å². The number of phenols is 2. The number of aliphatic carboxylic acids is 2. The minimum atomic E-state index is -1.81. The maximum atomic E-state index is 14.7. The second-order valence-corrected chi connectivity index (χ2v) is 24.1. The summed E-state index contributed by atoms with van der Waals surface area (Å²) in [6, 6.07) is -5.36. The van der Waals surface area contributed by atoms with E-state index in [0.29, 0.717) is 16.8 Å². The lowest BCUT2D eigenvalue weighted by Gasteiger charge is -2.31. The molecule has 3 heterocycles. The molecule has 2 aliphatic rings. The first-order valence-corrected chi connectivity index (χ1v) is 30.8. The average Bonchev–Trinajstić information content (AvgIpc) is 1.61. The van der Waals surface area contributed by atoms with E-state index in [0.717, 1.165) is 9.80 Å². The Balaban J connectivity index is 1.31. The quantitative estimate of drug-likeness (QED) is 0.0263.